The highest BCUT2D eigenvalue weighted by Crippen LogP contribution is 2.33. The third-order valence-electron chi connectivity index (χ3n) is 9.22. The number of ketones is 1. The molecule has 1 heterocycles. The number of allylic oxidation sites excluding steroid dienone is 6. The molecule has 0 saturated heterocycles. The van der Waals surface area contributed by atoms with Crippen LogP contribution >= 0.6 is 0 Å². The van der Waals surface area contributed by atoms with Crippen LogP contribution in [0.3, 0.4) is 0 Å². The van der Waals surface area contributed by atoms with E-state index in [1.807, 2.05) is 35.0 Å². The number of halogens is 1. The summed E-state index contributed by atoms with van der Waals surface area (Å²) in [6, 6.07) is 14.1. The minimum atomic E-state index is -0.290. The number of benzene rings is 2. The third-order valence-corrected chi connectivity index (χ3v) is 9.22. The number of Topliss-reactive ketones (excluding diaryl/α,β-unsaturated/α-hetero) is 1. The summed E-state index contributed by atoms with van der Waals surface area (Å²) in [4.78, 5) is 18.2. The highest BCUT2D eigenvalue weighted by atomic mass is 19.1. The maximum Gasteiger partial charge on any atom is 0.140 e. The maximum atomic E-state index is 13.7. The molecule has 240 valence electrons. The smallest absolute Gasteiger partial charge is 0.140 e. The summed E-state index contributed by atoms with van der Waals surface area (Å²) < 4.78 is 20.9. The van der Waals surface area contributed by atoms with E-state index in [-0.39, 0.29) is 18.0 Å². The van der Waals surface area contributed by atoms with E-state index in [0.717, 1.165) is 54.3 Å². The van der Waals surface area contributed by atoms with Crippen LogP contribution in [0.15, 0.2) is 90.2 Å². The van der Waals surface area contributed by atoms with Crippen molar-refractivity contribution in [2.24, 2.45) is 11.8 Å². The van der Waals surface area contributed by atoms with Gasteiger partial charge in [-0.3, -0.25) is 4.79 Å². The number of hydrogen-bond acceptors (Lipinski definition) is 3. The Morgan fingerprint density at radius 2 is 1.67 bits per heavy atom. The Hall–Kier alpha value is -3.73. The normalized spacial score (nSPS) is 17.9. The van der Waals surface area contributed by atoms with Crippen LogP contribution in [-0.4, -0.2) is 22.4 Å². The predicted molar refractivity (Wildman–Crippen MR) is 184 cm³/mol. The van der Waals surface area contributed by atoms with Crippen LogP contribution in [0.4, 0.5) is 4.39 Å². The second kappa shape index (κ2) is 17.7. The number of carbonyl (C=O) groups is 1. The van der Waals surface area contributed by atoms with Gasteiger partial charge in [0.05, 0.1) is 19.2 Å². The zero-order valence-corrected chi connectivity index (χ0v) is 27.7. The Bertz CT molecular complexity index is 1450. The number of nitrogens with zero attached hydrogens (tertiary/aromatic N) is 2. The van der Waals surface area contributed by atoms with Crippen molar-refractivity contribution in [3.8, 4) is 22.7 Å². The number of carbonyl (C=O) groups excluding carboxylic acids is 1. The monoisotopic (exact) mass is 610 g/mol. The lowest BCUT2D eigenvalue weighted by molar-refractivity contribution is -0.118. The molecule has 1 aliphatic carbocycles. The molecule has 5 heteroatoms. The summed E-state index contributed by atoms with van der Waals surface area (Å²) >= 11 is 0. The van der Waals surface area contributed by atoms with E-state index >= 15 is 0 Å². The average molecular weight is 611 g/mol. The van der Waals surface area contributed by atoms with Gasteiger partial charge in [-0.1, -0.05) is 81.4 Å². The zero-order chi connectivity index (χ0) is 32.0. The lowest BCUT2D eigenvalue weighted by Gasteiger charge is -2.16. The number of rotatable bonds is 15. The van der Waals surface area contributed by atoms with Crippen molar-refractivity contribution in [2.75, 3.05) is 7.11 Å². The molecule has 4 nitrogen and oxygen atoms in total. The first-order valence-corrected chi connectivity index (χ1v) is 16.9. The van der Waals surface area contributed by atoms with Gasteiger partial charge in [-0.05, 0) is 99.4 Å². The summed E-state index contributed by atoms with van der Waals surface area (Å²) in [5, 5.41) is 0. The topological polar surface area (TPSA) is 44.1 Å². The van der Waals surface area contributed by atoms with E-state index in [1.54, 1.807) is 19.2 Å². The summed E-state index contributed by atoms with van der Waals surface area (Å²) in [5.74, 6) is 2.76. The number of imidazole rings is 1. The third kappa shape index (κ3) is 10.7. The van der Waals surface area contributed by atoms with Crippen molar-refractivity contribution >= 4 is 5.78 Å². The molecule has 1 aromatic heterocycles. The first-order chi connectivity index (χ1) is 21.9. The highest BCUT2D eigenvalue weighted by Gasteiger charge is 2.21. The average Bonchev–Trinajstić information content (AvgIpc) is 3.33. The molecule has 3 aromatic rings. The molecule has 1 fully saturated rings. The molecule has 4 rings (SSSR count). The van der Waals surface area contributed by atoms with E-state index in [1.165, 1.54) is 61.8 Å². The predicted octanol–water partition coefficient (Wildman–Crippen LogP) is 10.8. The van der Waals surface area contributed by atoms with Gasteiger partial charge in [-0.15, -0.1) is 0 Å². The lowest BCUT2D eigenvalue weighted by atomic mass is 9.90. The van der Waals surface area contributed by atoms with Gasteiger partial charge in [0.25, 0.3) is 0 Å². The standard InChI is InChI=1S/C40H51FN2O2/c1-5-9-31(11-7-10-30(3)6-2)14-15-32-12-8-13-33(17-16-32)18-25-37(44)28-40-42-39(34-19-26-38(45-4)27-20-34)29-43(40)36-23-21-35(41)22-24-36/h7,9-11,19-24,26-27,29,32-33H,5-6,8,12-18,25,28H2,1-4H3. The molecule has 0 amide bonds. The fourth-order valence-electron chi connectivity index (χ4n) is 6.27. The van der Waals surface area contributed by atoms with Crippen molar-refractivity contribution in [1.29, 1.82) is 0 Å². The van der Waals surface area contributed by atoms with E-state index in [4.69, 9.17) is 9.72 Å². The fraction of sp³-hybridized carbons (Fsp3) is 0.450. The van der Waals surface area contributed by atoms with Crippen LogP contribution in [-0.2, 0) is 11.2 Å². The van der Waals surface area contributed by atoms with Crippen LogP contribution in [0, 0.1) is 17.7 Å². The van der Waals surface area contributed by atoms with Crippen LogP contribution in [0.1, 0.15) is 97.2 Å². The van der Waals surface area contributed by atoms with Crippen LogP contribution in [0.5, 0.6) is 5.75 Å². The van der Waals surface area contributed by atoms with Gasteiger partial charge in [-0.2, -0.15) is 0 Å². The molecule has 0 spiro atoms. The van der Waals surface area contributed by atoms with Crippen LogP contribution in [0.2, 0.25) is 0 Å². The molecule has 2 atom stereocenters. The van der Waals surface area contributed by atoms with E-state index in [0.29, 0.717) is 18.2 Å². The number of aromatic nitrogens is 2. The van der Waals surface area contributed by atoms with Gasteiger partial charge in [0.15, 0.2) is 0 Å². The lowest BCUT2D eigenvalue weighted by Crippen LogP contribution is -2.11. The number of hydrogen-bond donors (Lipinski definition) is 0. The van der Waals surface area contributed by atoms with Gasteiger partial charge in [0.1, 0.15) is 23.2 Å². The van der Waals surface area contributed by atoms with Crippen LogP contribution in [0.25, 0.3) is 16.9 Å². The van der Waals surface area contributed by atoms with Gasteiger partial charge in [0.2, 0.25) is 0 Å². The molecule has 1 aliphatic rings. The van der Waals surface area contributed by atoms with Gasteiger partial charge < -0.3 is 9.30 Å². The van der Waals surface area contributed by atoms with Crippen molar-refractivity contribution in [1.82, 2.24) is 9.55 Å². The summed E-state index contributed by atoms with van der Waals surface area (Å²) in [7, 11) is 1.64. The molecule has 45 heavy (non-hydrogen) atoms. The fourth-order valence-corrected chi connectivity index (χ4v) is 6.27. The number of ether oxygens (including phenoxy) is 1. The van der Waals surface area contributed by atoms with Crippen molar-refractivity contribution < 1.29 is 13.9 Å². The Kier molecular flexibility index (Phi) is 13.4. The largest absolute Gasteiger partial charge is 0.497 e. The molecule has 0 radical (unpaired) electrons. The first-order valence-electron chi connectivity index (χ1n) is 16.9. The maximum absolute atomic E-state index is 13.7. The van der Waals surface area contributed by atoms with Crippen molar-refractivity contribution in [2.45, 2.75) is 97.8 Å². The second-order valence-corrected chi connectivity index (χ2v) is 12.6. The minimum Gasteiger partial charge on any atom is -0.497 e. The van der Waals surface area contributed by atoms with E-state index in [9.17, 15) is 9.18 Å². The Labute approximate surface area is 270 Å². The molecular weight excluding hydrogens is 559 g/mol. The quantitative estimate of drug-likeness (QED) is 0.127. The Morgan fingerprint density at radius 3 is 2.31 bits per heavy atom. The first kappa shape index (κ1) is 34.1. The van der Waals surface area contributed by atoms with Crippen molar-refractivity contribution in [3.63, 3.8) is 0 Å². The van der Waals surface area contributed by atoms with E-state index < -0.39 is 0 Å². The van der Waals surface area contributed by atoms with E-state index in [2.05, 4.69) is 45.1 Å². The zero-order valence-electron chi connectivity index (χ0n) is 27.7. The summed E-state index contributed by atoms with van der Waals surface area (Å²) in [6.45, 7) is 6.60. The molecule has 2 aromatic carbocycles. The second-order valence-electron chi connectivity index (χ2n) is 12.6. The minimum absolute atomic E-state index is 0.208. The molecule has 0 N–H and O–H groups in total. The van der Waals surface area contributed by atoms with Gasteiger partial charge in [-0.25, -0.2) is 9.37 Å². The van der Waals surface area contributed by atoms with Crippen molar-refractivity contribution in [3.05, 3.63) is 102 Å². The molecule has 0 bridgehead atoms. The van der Waals surface area contributed by atoms with Gasteiger partial charge >= 0.3 is 0 Å². The SMILES string of the molecule is CCC=C(C=CC=C(C)CC)CCC1CCCC(CCC(=O)Cc2nc(-c3ccc(OC)cc3)cn2-c2ccc(F)cc2)CC1. The highest BCUT2D eigenvalue weighted by molar-refractivity contribution is 5.80. The Balaban J connectivity index is 1.32. The summed E-state index contributed by atoms with van der Waals surface area (Å²) in [5.41, 5.74) is 5.38. The molecule has 2 unspecified atom stereocenters. The molecule has 1 saturated carbocycles. The van der Waals surface area contributed by atoms with Crippen LogP contribution < -0.4 is 4.74 Å². The number of methoxy groups -OCH3 is 1. The molecule has 0 aliphatic heterocycles. The molecular formula is C40H51FN2O2. The Morgan fingerprint density at radius 1 is 0.978 bits per heavy atom. The van der Waals surface area contributed by atoms with Gasteiger partial charge in [0, 0.05) is 23.9 Å². The summed E-state index contributed by atoms with van der Waals surface area (Å²) in [6.07, 6.45) is 23.6.